The van der Waals surface area contributed by atoms with Crippen molar-refractivity contribution in [2.24, 2.45) is 12.8 Å². The summed E-state index contributed by atoms with van der Waals surface area (Å²) in [6.45, 7) is 0.835. The molecular weight excluding hydrogens is 550 g/mol. The van der Waals surface area contributed by atoms with Crippen LogP contribution in [0.25, 0.3) is 11.0 Å². The molecule has 0 aliphatic carbocycles. The van der Waals surface area contributed by atoms with E-state index >= 15 is 0 Å². The summed E-state index contributed by atoms with van der Waals surface area (Å²) in [7, 11) is 1.74. The van der Waals surface area contributed by atoms with Crippen molar-refractivity contribution in [2.45, 2.75) is 38.5 Å². The van der Waals surface area contributed by atoms with Gasteiger partial charge in [0.15, 0.2) is 0 Å². The molecule has 0 saturated carbocycles. The number of aryl methyl sites for hydroxylation is 1. The first-order valence-corrected chi connectivity index (χ1v) is 13.8. The number of nitrogens with zero attached hydrogens (tertiary/aromatic N) is 7. The fraction of sp³-hybridized carbons (Fsp3) is 0.300. The summed E-state index contributed by atoms with van der Waals surface area (Å²) in [4.78, 5) is 54.1. The second-order valence-corrected chi connectivity index (χ2v) is 10.1. The van der Waals surface area contributed by atoms with Gasteiger partial charge >= 0.3 is 6.03 Å². The maximum atomic E-state index is 13.3. The lowest BCUT2D eigenvalue weighted by atomic mass is 10.1. The summed E-state index contributed by atoms with van der Waals surface area (Å²) in [5.74, 6) is -0.336. The number of imide groups is 1. The summed E-state index contributed by atoms with van der Waals surface area (Å²) in [6.07, 6.45) is 6.87. The minimum atomic E-state index is -0.673. The van der Waals surface area contributed by atoms with Gasteiger partial charge in [-0.05, 0) is 73.8 Å². The van der Waals surface area contributed by atoms with Crippen LogP contribution in [-0.4, -0.2) is 61.4 Å². The lowest BCUT2D eigenvalue weighted by Crippen LogP contribution is -2.35. The molecule has 4 amide bonds. The monoisotopic (exact) mass is 581 g/mol. The molecule has 1 aromatic carbocycles. The number of nitrogens with one attached hydrogen (secondary N) is 1. The Hall–Kier alpha value is -5.35. The number of ether oxygens (including phenoxy) is 1. The number of aromatic nitrogens is 4. The molecule has 0 spiro atoms. The third kappa shape index (κ3) is 6.60. The van der Waals surface area contributed by atoms with Crippen LogP contribution in [0.4, 0.5) is 10.5 Å². The number of pyridine rings is 1. The Morgan fingerprint density at radius 1 is 1.16 bits per heavy atom. The van der Waals surface area contributed by atoms with Crippen molar-refractivity contribution < 1.29 is 19.1 Å². The number of amides is 4. The molecule has 4 heterocycles. The topological polar surface area (TPSA) is 172 Å². The standard InChI is InChI=1S/C30H31N9O4/c1-37-24(14-21-16-34-27(36-28(21)37)29(41)35-22(15-32)4-2-3-11-31)17-39-26(40)18-38(30(39)42)23-5-7-25(8-6-23)43-19-20-9-12-33-13-10-20/h5-10,12-14,16,22H,2-4,11,17-19,31H2,1H3,(H,35,41)/t22-/m0/s1. The number of urea groups is 1. The van der Waals surface area contributed by atoms with Crippen LogP contribution >= 0.6 is 0 Å². The summed E-state index contributed by atoms with van der Waals surface area (Å²) in [5, 5.41) is 12.7. The summed E-state index contributed by atoms with van der Waals surface area (Å²) >= 11 is 0. The van der Waals surface area contributed by atoms with Gasteiger partial charge in [-0.2, -0.15) is 5.26 Å². The van der Waals surface area contributed by atoms with Crippen LogP contribution in [0.1, 0.15) is 41.1 Å². The molecule has 4 aromatic rings. The Bertz CT molecular complexity index is 1660. The van der Waals surface area contributed by atoms with Crippen molar-refractivity contribution in [1.82, 2.24) is 29.7 Å². The largest absolute Gasteiger partial charge is 0.489 e. The molecule has 3 N–H and O–H groups in total. The van der Waals surface area contributed by atoms with E-state index in [9.17, 15) is 19.6 Å². The minimum absolute atomic E-state index is 0.0212. The fourth-order valence-electron chi connectivity index (χ4n) is 4.74. The summed E-state index contributed by atoms with van der Waals surface area (Å²) in [6, 6.07) is 13.5. The third-order valence-electron chi connectivity index (χ3n) is 7.16. The van der Waals surface area contributed by atoms with Crippen molar-refractivity contribution in [2.75, 3.05) is 18.0 Å². The maximum Gasteiger partial charge on any atom is 0.332 e. The van der Waals surface area contributed by atoms with E-state index in [2.05, 4.69) is 26.3 Å². The number of rotatable bonds is 12. The first kappa shape index (κ1) is 29.2. The van der Waals surface area contributed by atoms with Crippen molar-refractivity contribution >= 4 is 34.6 Å². The quantitative estimate of drug-likeness (QED) is 0.188. The molecule has 1 aliphatic rings. The number of carbonyl (C=O) groups excluding carboxylic acids is 3. The van der Waals surface area contributed by atoms with Crippen LogP contribution in [0.2, 0.25) is 0 Å². The van der Waals surface area contributed by atoms with Crippen molar-refractivity contribution in [3.05, 3.63) is 78.1 Å². The van der Waals surface area contributed by atoms with Gasteiger partial charge in [0.2, 0.25) is 5.82 Å². The van der Waals surface area contributed by atoms with Crippen LogP contribution < -0.4 is 20.7 Å². The Morgan fingerprint density at radius 2 is 1.93 bits per heavy atom. The number of benzene rings is 1. The normalized spacial score (nSPS) is 13.8. The van der Waals surface area contributed by atoms with E-state index in [1.165, 1.54) is 16.0 Å². The molecule has 43 heavy (non-hydrogen) atoms. The second-order valence-electron chi connectivity index (χ2n) is 10.1. The average molecular weight is 582 g/mol. The number of hydrogen-bond acceptors (Lipinski definition) is 9. The van der Waals surface area contributed by atoms with Crippen LogP contribution in [0.3, 0.4) is 0 Å². The van der Waals surface area contributed by atoms with E-state index in [1.807, 2.05) is 12.1 Å². The zero-order valence-electron chi connectivity index (χ0n) is 23.6. The van der Waals surface area contributed by atoms with Gasteiger partial charge in [0.05, 0.1) is 12.6 Å². The van der Waals surface area contributed by atoms with Gasteiger partial charge in [0.1, 0.15) is 30.6 Å². The van der Waals surface area contributed by atoms with E-state index < -0.39 is 18.0 Å². The van der Waals surface area contributed by atoms with Gasteiger partial charge in [-0.25, -0.2) is 14.8 Å². The van der Waals surface area contributed by atoms with Gasteiger partial charge < -0.3 is 20.4 Å². The Balaban J connectivity index is 1.24. The van der Waals surface area contributed by atoms with Crippen LogP contribution in [0, 0.1) is 11.3 Å². The van der Waals surface area contributed by atoms with E-state index in [4.69, 9.17) is 10.5 Å². The number of unbranched alkanes of at least 4 members (excludes halogenated alkanes) is 1. The average Bonchev–Trinajstić information content (AvgIpc) is 3.50. The van der Waals surface area contributed by atoms with Gasteiger partial charge in [-0.3, -0.25) is 24.4 Å². The second kappa shape index (κ2) is 13.1. The van der Waals surface area contributed by atoms with E-state index in [0.29, 0.717) is 54.2 Å². The SMILES string of the molecule is Cn1c(CN2C(=O)CN(c3ccc(OCc4ccncc4)cc3)C2=O)cc2cnc(C(=O)N[C@H](C#N)CCCCN)nc21. The predicted molar refractivity (Wildman–Crippen MR) is 157 cm³/mol. The van der Waals surface area contributed by atoms with E-state index in [-0.39, 0.29) is 24.8 Å². The molecule has 3 aromatic heterocycles. The highest BCUT2D eigenvalue weighted by atomic mass is 16.5. The highest BCUT2D eigenvalue weighted by molar-refractivity contribution is 6.12. The molecule has 220 valence electrons. The molecule has 1 fully saturated rings. The molecule has 1 atom stereocenters. The number of nitriles is 1. The van der Waals surface area contributed by atoms with Gasteiger partial charge in [0, 0.05) is 42.4 Å². The number of fused-ring (bicyclic) bond motifs is 1. The van der Waals surface area contributed by atoms with Crippen molar-refractivity contribution in [3.8, 4) is 11.8 Å². The molecule has 1 saturated heterocycles. The van der Waals surface area contributed by atoms with E-state index in [0.717, 1.165) is 12.0 Å². The molecule has 13 heteroatoms. The van der Waals surface area contributed by atoms with Crippen LogP contribution in [0.5, 0.6) is 5.75 Å². The highest BCUT2D eigenvalue weighted by Gasteiger charge is 2.37. The zero-order chi connectivity index (χ0) is 30.3. The molecule has 0 unspecified atom stereocenters. The van der Waals surface area contributed by atoms with Crippen LogP contribution in [0.15, 0.2) is 61.1 Å². The molecular formula is C30H31N9O4. The van der Waals surface area contributed by atoms with E-state index in [1.54, 1.807) is 54.3 Å². The summed E-state index contributed by atoms with van der Waals surface area (Å²) in [5.41, 5.74) is 8.17. The predicted octanol–water partition coefficient (Wildman–Crippen LogP) is 2.66. The number of nitrogens with two attached hydrogens (primary N) is 1. The van der Waals surface area contributed by atoms with Gasteiger partial charge in [-0.15, -0.1) is 0 Å². The lowest BCUT2D eigenvalue weighted by molar-refractivity contribution is -0.125. The highest BCUT2D eigenvalue weighted by Crippen LogP contribution is 2.26. The first-order chi connectivity index (χ1) is 20.9. The molecule has 13 nitrogen and oxygen atoms in total. The Labute approximate surface area is 247 Å². The molecule has 5 rings (SSSR count). The number of hydrogen-bond donors (Lipinski definition) is 2. The number of anilines is 1. The lowest BCUT2D eigenvalue weighted by Gasteiger charge is -2.18. The third-order valence-corrected chi connectivity index (χ3v) is 7.16. The zero-order valence-corrected chi connectivity index (χ0v) is 23.6. The van der Waals surface area contributed by atoms with Crippen LogP contribution in [-0.2, 0) is 25.0 Å². The van der Waals surface area contributed by atoms with Gasteiger partial charge in [0.25, 0.3) is 11.8 Å². The Morgan fingerprint density at radius 3 is 2.65 bits per heavy atom. The van der Waals surface area contributed by atoms with Crippen molar-refractivity contribution in [1.29, 1.82) is 5.26 Å². The van der Waals surface area contributed by atoms with Gasteiger partial charge in [-0.1, -0.05) is 0 Å². The molecule has 0 radical (unpaired) electrons. The maximum absolute atomic E-state index is 13.3. The number of carbonyl (C=O) groups is 3. The first-order valence-electron chi connectivity index (χ1n) is 13.8. The smallest absolute Gasteiger partial charge is 0.332 e. The molecule has 1 aliphatic heterocycles. The minimum Gasteiger partial charge on any atom is -0.489 e. The molecule has 0 bridgehead atoms. The van der Waals surface area contributed by atoms with Crippen molar-refractivity contribution in [3.63, 3.8) is 0 Å². The Kier molecular flexibility index (Phi) is 8.88. The summed E-state index contributed by atoms with van der Waals surface area (Å²) < 4.78 is 7.52. The fourth-order valence-corrected chi connectivity index (χ4v) is 4.74.